The Labute approximate surface area is 68.4 Å². The number of nitrogens with two attached hydrogens (primary N) is 1. The molecular weight excluding hydrogens is 166 g/mol. The lowest BCUT2D eigenvalue weighted by atomic mass is 10.3. The fraction of sp³-hybridized carbons (Fsp3) is 0.667. The third-order valence-electron chi connectivity index (χ3n) is 1.33. The monoisotopic (exact) mass is 176 g/mol. The summed E-state index contributed by atoms with van der Waals surface area (Å²) in [6.45, 7) is 0.525. The maximum Gasteiger partial charge on any atom is 0.264 e. The van der Waals surface area contributed by atoms with Crippen molar-refractivity contribution in [1.29, 1.82) is 0 Å². The van der Waals surface area contributed by atoms with Gasteiger partial charge in [-0.2, -0.15) is 0 Å². The highest BCUT2D eigenvalue weighted by Crippen LogP contribution is 2.14. The molecule has 0 aliphatic carbocycles. The number of hydrogen-bond acceptors (Lipinski definition) is 3. The summed E-state index contributed by atoms with van der Waals surface area (Å²) < 4.78 is 26.1. The van der Waals surface area contributed by atoms with Crippen molar-refractivity contribution < 1.29 is 8.78 Å². The van der Waals surface area contributed by atoms with E-state index in [4.69, 9.17) is 5.73 Å². The average Bonchev–Trinajstić information content (AvgIpc) is 2.31. The zero-order valence-corrected chi connectivity index (χ0v) is 6.67. The lowest BCUT2D eigenvalue weighted by molar-refractivity contribution is -0.000667. The molecular formula is C6H10F2N4. The Bertz CT molecular complexity index is 252. The predicted octanol–water partition coefficient (Wildman–Crippen LogP) is 0.392. The van der Waals surface area contributed by atoms with E-state index < -0.39 is 12.5 Å². The van der Waals surface area contributed by atoms with Gasteiger partial charge < -0.3 is 5.73 Å². The molecule has 0 aliphatic rings. The Kier molecular flexibility index (Phi) is 2.37. The first-order valence-electron chi connectivity index (χ1n) is 3.48. The van der Waals surface area contributed by atoms with Gasteiger partial charge in [-0.25, -0.2) is 13.5 Å². The van der Waals surface area contributed by atoms with Crippen LogP contribution < -0.4 is 5.73 Å². The van der Waals surface area contributed by atoms with Crippen LogP contribution in [0.2, 0.25) is 0 Å². The quantitative estimate of drug-likeness (QED) is 0.724. The molecule has 0 unspecified atom stereocenters. The van der Waals surface area contributed by atoms with E-state index in [1.54, 1.807) is 0 Å². The van der Waals surface area contributed by atoms with Crippen LogP contribution in [0.5, 0.6) is 0 Å². The minimum Gasteiger partial charge on any atom is -0.325 e. The van der Waals surface area contributed by atoms with Crippen molar-refractivity contribution in [2.45, 2.75) is 25.9 Å². The molecule has 0 bridgehead atoms. The van der Waals surface area contributed by atoms with Gasteiger partial charge in [-0.3, -0.25) is 0 Å². The third kappa shape index (κ3) is 2.23. The van der Waals surface area contributed by atoms with E-state index in [2.05, 4.69) is 10.3 Å². The lowest BCUT2D eigenvalue weighted by Crippen LogP contribution is -2.22. The van der Waals surface area contributed by atoms with E-state index in [0.717, 1.165) is 11.6 Å². The highest BCUT2D eigenvalue weighted by molar-refractivity contribution is 4.92. The molecule has 0 saturated heterocycles. The molecule has 0 fully saturated rings. The van der Waals surface area contributed by atoms with Crippen LogP contribution in [-0.4, -0.2) is 20.9 Å². The SMILES string of the molecule is CC(F)(F)Cn1nncc1CN. The Morgan fingerprint density at radius 2 is 2.33 bits per heavy atom. The molecule has 1 aromatic rings. The molecule has 1 rings (SSSR count). The summed E-state index contributed by atoms with van der Waals surface area (Å²) in [7, 11) is 0. The first kappa shape index (κ1) is 9.05. The van der Waals surface area contributed by atoms with Crippen molar-refractivity contribution in [3.63, 3.8) is 0 Å². The second-order valence-corrected chi connectivity index (χ2v) is 2.66. The van der Waals surface area contributed by atoms with Gasteiger partial charge >= 0.3 is 0 Å². The summed E-state index contributed by atoms with van der Waals surface area (Å²) in [5, 5.41) is 6.96. The molecule has 68 valence electrons. The summed E-state index contributed by atoms with van der Waals surface area (Å²) in [5.74, 6) is -2.78. The highest BCUT2D eigenvalue weighted by Gasteiger charge is 2.23. The highest BCUT2D eigenvalue weighted by atomic mass is 19.3. The van der Waals surface area contributed by atoms with E-state index >= 15 is 0 Å². The fourth-order valence-electron chi connectivity index (χ4n) is 0.833. The fourth-order valence-corrected chi connectivity index (χ4v) is 0.833. The Morgan fingerprint density at radius 1 is 1.67 bits per heavy atom. The maximum atomic E-state index is 12.5. The van der Waals surface area contributed by atoms with Gasteiger partial charge in [0.25, 0.3) is 5.92 Å². The van der Waals surface area contributed by atoms with Crippen molar-refractivity contribution in [2.24, 2.45) is 5.73 Å². The summed E-state index contributed by atoms with van der Waals surface area (Å²) in [5.41, 5.74) is 5.78. The maximum absolute atomic E-state index is 12.5. The molecule has 0 spiro atoms. The molecule has 1 heterocycles. The standard InChI is InChI=1S/C6H10F2N4/c1-6(7,8)4-12-5(2-9)3-10-11-12/h3H,2,4,9H2,1H3. The van der Waals surface area contributed by atoms with E-state index in [1.165, 1.54) is 6.20 Å². The van der Waals surface area contributed by atoms with Crippen LogP contribution in [0.4, 0.5) is 8.78 Å². The Morgan fingerprint density at radius 3 is 2.83 bits per heavy atom. The second-order valence-electron chi connectivity index (χ2n) is 2.66. The van der Waals surface area contributed by atoms with Crippen molar-refractivity contribution in [3.05, 3.63) is 11.9 Å². The molecule has 0 atom stereocenters. The van der Waals surface area contributed by atoms with Crippen molar-refractivity contribution in [2.75, 3.05) is 0 Å². The van der Waals surface area contributed by atoms with Gasteiger partial charge in [0, 0.05) is 13.5 Å². The Hall–Kier alpha value is -1.04. The Balaban J connectivity index is 2.75. The summed E-state index contributed by atoms with van der Waals surface area (Å²) in [4.78, 5) is 0. The molecule has 0 saturated carbocycles. The van der Waals surface area contributed by atoms with Crippen LogP contribution in [-0.2, 0) is 13.1 Å². The number of alkyl halides is 2. The topological polar surface area (TPSA) is 56.7 Å². The van der Waals surface area contributed by atoms with Gasteiger partial charge in [0.2, 0.25) is 0 Å². The average molecular weight is 176 g/mol. The third-order valence-corrected chi connectivity index (χ3v) is 1.33. The smallest absolute Gasteiger partial charge is 0.264 e. The summed E-state index contributed by atoms with van der Waals surface area (Å²) in [6, 6.07) is 0. The van der Waals surface area contributed by atoms with E-state index in [1.807, 2.05) is 0 Å². The van der Waals surface area contributed by atoms with Gasteiger partial charge in [0.05, 0.1) is 11.9 Å². The summed E-state index contributed by atoms with van der Waals surface area (Å²) in [6.07, 6.45) is 1.38. The predicted molar refractivity (Wildman–Crippen MR) is 38.5 cm³/mol. The zero-order chi connectivity index (χ0) is 9.19. The van der Waals surface area contributed by atoms with Crippen LogP contribution >= 0.6 is 0 Å². The van der Waals surface area contributed by atoms with E-state index in [0.29, 0.717) is 5.69 Å². The second kappa shape index (κ2) is 3.14. The van der Waals surface area contributed by atoms with E-state index in [9.17, 15) is 8.78 Å². The zero-order valence-electron chi connectivity index (χ0n) is 6.67. The van der Waals surface area contributed by atoms with E-state index in [-0.39, 0.29) is 6.54 Å². The molecule has 0 radical (unpaired) electrons. The van der Waals surface area contributed by atoms with Gasteiger partial charge in [0.15, 0.2) is 0 Å². The largest absolute Gasteiger partial charge is 0.325 e. The molecule has 0 aliphatic heterocycles. The number of hydrogen-bond donors (Lipinski definition) is 1. The van der Waals surface area contributed by atoms with Crippen LogP contribution in [0.25, 0.3) is 0 Å². The number of halogens is 2. The molecule has 0 amide bonds. The van der Waals surface area contributed by atoms with Crippen LogP contribution in [0.15, 0.2) is 6.20 Å². The normalized spacial score (nSPS) is 12.0. The molecule has 0 aromatic carbocycles. The van der Waals surface area contributed by atoms with Crippen molar-refractivity contribution >= 4 is 0 Å². The molecule has 4 nitrogen and oxygen atoms in total. The van der Waals surface area contributed by atoms with Crippen LogP contribution in [0, 0.1) is 0 Å². The van der Waals surface area contributed by atoms with Gasteiger partial charge in [0.1, 0.15) is 6.54 Å². The summed E-state index contributed by atoms with van der Waals surface area (Å²) >= 11 is 0. The van der Waals surface area contributed by atoms with Gasteiger partial charge in [-0.05, 0) is 0 Å². The van der Waals surface area contributed by atoms with Crippen molar-refractivity contribution in [1.82, 2.24) is 15.0 Å². The lowest BCUT2D eigenvalue weighted by Gasteiger charge is -2.10. The van der Waals surface area contributed by atoms with Gasteiger partial charge in [-0.15, -0.1) is 5.10 Å². The minimum absolute atomic E-state index is 0.170. The van der Waals surface area contributed by atoms with Crippen LogP contribution in [0.1, 0.15) is 12.6 Å². The molecule has 6 heteroatoms. The number of aromatic nitrogens is 3. The molecule has 12 heavy (non-hydrogen) atoms. The minimum atomic E-state index is -2.78. The van der Waals surface area contributed by atoms with Gasteiger partial charge in [-0.1, -0.05) is 5.21 Å². The van der Waals surface area contributed by atoms with Crippen LogP contribution in [0.3, 0.4) is 0 Å². The molecule has 1 aromatic heterocycles. The number of rotatable bonds is 3. The van der Waals surface area contributed by atoms with Crippen molar-refractivity contribution in [3.8, 4) is 0 Å². The number of nitrogens with zero attached hydrogens (tertiary/aromatic N) is 3. The first-order chi connectivity index (χ1) is 5.53. The first-order valence-corrected chi connectivity index (χ1v) is 3.48. The molecule has 2 N–H and O–H groups in total.